The summed E-state index contributed by atoms with van der Waals surface area (Å²) in [6, 6.07) is 5.18. The van der Waals surface area contributed by atoms with Gasteiger partial charge in [-0.05, 0) is 73.0 Å². The lowest BCUT2D eigenvalue weighted by molar-refractivity contribution is 0.0975. The first-order valence-electron chi connectivity index (χ1n) is 9.80. The highest BCUT2D eigenvalue weighted by atomic mass is 35.5. The summed E-state index contributed by atoms with van der Waals surface area (Å²) < 4.78 is 0. The third kappa shape index (κ3) is 4.85. The summed E-state index contributed by atoms with van der Waals surface area (Å²) in [5.74, 6) is -0.361. The number of nitrogens with one attached hydrogen (secondary N) is 2. The van der Waals surface area contributed by atoms with E-state index in [0.717, 1.165) is 35.3 Å². The molecule has 2 amide bonds. The Labute approximate surface area is 191 Å². The lowest BCUT2D eigenvalue weighted by Gasteiger charge is -2.33. The van der Waals surface area contributed by atoms with Gasteiger partial charge in [0.25, 0.3) is 11.8 Å². The first-order valence-corrected chi connectivity index (χ1v) is 11.4. The molecule has 0 radical (unpaired) electrons. The quantitative estimate of drug-likeness (QED) is 0.553. The lowest BCUT2D eigenvalue weighted by atomic mass is 9.72. The molecule has 4 N–H and O–H groups in total. The van der Waals surface area contributed by atoms with Crippen LogP contribution in [-0.2, 0) is 12.8 Å². The number of anilines is 1. The van der Waals surface area contributed by atoms with Gasteiger partial charge in [0.1, 0.15) is 5.00 Å². The van der Waals surface area contributed by atoms with E-state index >= 15 is 0 Å². The number of rotatable bonds is 3. The predicted molar refractivity (Wildman–Crippen MR) is 128 cm³/mol. The Kier molecular flexibility index (Phi) is 6.55. The van der Waals surface area contributed by atoms with Gasteiger partial charge in [0.05, 0.1) is 16.1 Å². The monoisotopic (exact) mass is 463 g/mol. The van der Waals surface area contributed by atoms with Crippen molar-refractivity contribution in [3.05, 3.63) is 50.4 Å². The van der Waals surface area contributed by atoms with Gasteiger partial charge in [0.15, 0.2) is 5.11 Å². The third-order valence-electron chi connectivity index (χ3n) is 5.56. The Morgan fingerprint density at radius 1 is 1.30 bits per heavy atom. The molecule has 0 spiro atoms. The first kappa shape index (κ1) is 22.7. The molecule has 1 heterocycles. The van der Waals surface area contributed by atoms with E-state index in [-0.39, 0.29) is 10.5 Å². The zero-order valence-electron chi connectivity index (χ0n) is 17.5. The number of halogens is 1. The molecule has 0 saturated carbocycles. The fourth-order valence-electron chi connectivity index (χ4n) is 3.78. The molecule has 8 heteroatoms. The number of carbonyl (C=O) groups is 2. The molecular weight excluding hydrogens is 438 g/mol. The van der Waals surface area contributed by atoms with Crippen LogP contribution in [0.25, 0.3) is 0 Å². The van der Waals surface area contributed by atoms with Crippen molar-refractivity contribution >= 4 is 57.1 Å². The van der Waals surface area contributed by atoms with E-state index < -0.39 is 11.8 Å². The van der Waals surface area contributed by atoms with Crippen LogP contribution in [0.5, 0.6) is 0 Å². The molecule has 3 rings (SSSR count). The van der Waals surface area contributed by atoms with Gasteiger partial charge < -0.3 is 11.1 Å². The number of hydrogen-bond acceptors (Lipinski definition) is 4. The first-order chi connectivity index (χ1) is 14.0. The van der Waals surface area contributed by atoms with Gasteiger partial charge in [-0.15, -0.1) is 11.3 Å². The largest absolute Gasteiger partial charge is 0.365 e. The second-order valence-corrected chi connectivity index (χ2v) is 10.7. The third-order valence-corrected chi connectivity index (χ3v) is 7.25. The fraction of sp³-hybridized carbons (Fsp3) is 0.409. The van der Waals surface area contributed by atoms with E-state index in [4.69, 9.17) is 29.6 Å². The summed E-state index contributed by atoms with van der Waals surface area (Å²) in [4.78, 5) is 25.9. The predicted octanol–water partition coefficient (Wildman–Crippen LogP) is 5.09. The Morgan fingerprint density at radius 2 is 2.00 bits per heavy atom. The molecule has 1 atom stereocenters. The van der Waals surface area contributed by atoms with Gasteiger partial charge in [0.2, 0.25) is 0 Å². The van der Waals surface area contributed by atoms with Gasteiger partial charge in [-0.3, -0.25) is 14.9 Å². The number of thiophene rings is 1. The maximum atomic E-state index is 12.5. The van der Waals surface area contributed by atoms with Crippen LogP contribution >= 0.6 is 35.2 Å². The molecule has 1 aromatic heterocycles. The molecule has 1 aliphatic rings. The van der Waals surface area contributed by atoms with Crippen molar-refractivity contribution in [3.8, 4) is 0 Å². The second-order valence-electron chi connectivity index (χ2n) is 8.77. The van der Waals surface area contributed by atoms with Crippen LogP contribution in [0.4, 0.5) is 5.00 Å². The smallest absolute Gasteiger partial charge is 0.258 e. The number of aryl methyl sites for hydroxylation is 1. The molecule has 0 saturated heterocycles. The number of primary amides is 1. The highest BCUT2D eigenvalue weighted by Crippen LogP contribution is 2.44. The Balaban J connectivity index is 1.79. The van der Waals surface area contributed by atoms with Gasteiger partial charge in [-0.1, -0.05) is 38.4 Å². The minimum Gasteiger partial charge on any atom is -0.365 e. The van der Waals surface area contributed by atoms with Gasteiger partial charge >= 0.3 is 0 Å². The van der Waals surface area contributed by atoms with Gasteiger partial charge in [0, 0.05) is 4.88 Å². The standard InChI is InChI=1S/C22H26ClN3O2S2/c1-11-5-7-13(15(23)9-11)19(28)25-21(29)26-20-17(18(24)27)14-8-6-12(22(2,3)4)10-16(14)30-20/h5,7,9,12H,6,8,10H2,1-4H3,(H2,24,27)(H2,25,26,28,29). The minimum absolute atomic E-state index is 0.102. The molecule has 0 aliphatic heterocycles. The van der Waals surface area contributed by atoms with Crippen molar-refractivity contribution in [3.63, 3.8) is 0 Å². The Bertz CT molecular complexity index is 1020. The zero-order chi connectivity index (χ0) is 22.2. The van der Waals surface area contributed by atoms with E-state index in [1.807, 2.05) is 6.92 Å². The topological polar surface area (TPSA) is 84.2 Å². The number of carbonyl (C=O) groups excluding carboxylic acids is 2. The maximum Gasteiger partial charge on any atom is 0.258 e. The molecule has 2 aromatic rings. The van der Waals surface area contributed by atoms with E-state index in [1.165, 1.54) is 11.3 Å². The van der Waals surface area contributed by atoms with E-state index in [1.54, 1.807) is 18.2 Å². The van der Waals surface area contributed by atoms with Crippen LogP contribution in [0.2, 0.25) is 5.02 Å². The van der Waals surface area contributed by atoms with Crippen molar-refractivity contribution in [1.82, 2.24) is 5.32 Å². The summed E-state index contributed by atoms with van der Waals surface area (Å²) in [6.45, 7) is 8.62. The van der Waals surface area contributed by atoms with Crippen molar-refractivity contribution < 1.29 is 9.59 Å². The highest BCUT2D eigenvalue weighted by Gasteiger charge is 2.33. The van der Waals surface area contributed by atoms with Gasteiger partial charge in [-0.25, -0.2) is 0 Å². The average molecular weight is 464 g/mol. The summed E-state index contributed by atoms with van der Waals surface area (Å²) >= 11 is 13.0. The number of fused-ring (bicyclic) bond motifs is 1. The summed E-state index contributed by atoms with van der Waals surface area (Å²) in [6.07, 6.45) is 2.73. The molecule has 0 bridgehead atoms. The normalized spacial score (nSPS) is 16.0. The summed E-state index contributed by atoms with van der Waals surface area (Å²) in [7, 11) is 0. The number of hydrogen-bond donors (Lipinski definition) is 3. The number of nitrogens with two attached hydrogens (primary N) is 1. The molecule has 1 unspecified atom stereocenters. The second kappa shape index (κ2) is 8.65. The van der Waals surface area contributed by atoms with E-state index in [9.17, 15) is 9.59 Å². The zero-order valence-corrected chi connectivity index (χ0v) is 19.9. The molecule has 5 nitrogen and oxygen atoms in total. The number of thiocarbonyl (C=S) groups is 1. The number of amides is 2. The van der Waals surface area contributed by atoms with Gasteiger partial charge in [-0.2, -0.15) is 0 Å². The lowest BCUT2D eigenvalue weighted by Crippen LogP contribution is -2.34. The van der Waals surface area contributed by atoms with Crippen LogP contribution in [-0.4, -0.2) is 16.9 Å². The van der Waals surface area contributed by atoms with Crippen LogP contribution in [0.3, 0.4) is 0 Å². The van der Waals surface area contributed by atoms with Crippen molar-refractivity contribution in [2.45, 2.75) is 47.0 Å². The molecule has 1 aliphatic carbocycles. The molecule has 160 valence electrons. The minimum atomic E-state index is -0.486. The van der Waals surface area contributed by atoms with Crippen LogP contribution < -0.4 is 16.4 Å². The van der Waals surface area contributed by atoms with Crippen LogP contribution in [0.1, 0.15) is 63.9 Å². The SMILES string of the molecule is Cc1ccc(C(=O)NC(=S)Nc2sc3c(c2C(N)=O)CCC(C(C)(C)C)C3)c(Cl)c1. The number of benzene rings is 1. The molecule has 30 heavy (non-hydrogen) atoms. The fourth-order valence-corrected chi connectivity index (χ4v) is 5.70. The van der Waals surface area contributed by atoms with Crippen molar-refractivity contribution in [1.29, 1.82) is 0 Å². The van der Waals surface area contributed by atoms with E-state index in [2.05, 4.69) is 31.4 Å². The maximum absolute atomic E-state index is 12.5. The summed E-state index contributed by atoms with van der Waals surface area (Å²) in [5, 5.41) is 6.69. The summed E-state index contributed by atoms with van der Waals surface area (Å²) in [5.41, 5.74) is 8.66. The average Bonchev–Trinajstić information content (AvgIpc) is 2.97. The van der Waals surface area contributed by atoms with Crippen LogP contribution in [0.15, 0.2) is 18.2 Å². The molecular formula is C22H26ClN3O2S2. The highest BCUT2D eigenvalue weighted by molar-refractivity contribution is 7.80. The Morgan fingerprint density at radius 3 is 2.60 bits per heavy atom. The molecule has 0 fully saturated rings. The van der Waals surface area contributed by atoms with Crippen molar-refractivity contribution in [2.24, 2.45) is 17.1 Å². The molecule has 1 aromatic carbocycles. The van der Waals surface area contributed by atoms with Crippen LogP contribution in [0, 0.1) is 18.3 Å². The Hall–Kier alpha value is -1.96. The van der Waals surface area contributed by atoms with E-state index in [0.29, 0.717) is 27.1 Å². The van der Waals surface area contributed by atoms with Crippen molar-refractivity contribution in [2.75, 3.05) is 5.32 Å².